The Morgan fingerprint density at radius 2 is 2.05 bits per heavy atom. The number of benzene rings is 2. The Morgan fingerprint density at radius 3 is 2.79 bits per heavy atom. The van der Waals surface area contributed by atoms with Gasteiger partial charge in [0.15, 0.2) is 0 Å². The van der Waals surface area contributed by atoms with Crippen LogP contribution < -0.4 is 0 Å². The van der Waals surface area contributed by atoms with Crippen LogP contribution in [0.4, 0.5) is 4.39 Å². The van der Waals surface area contributed by atoms with Gasteiger partial charge in [-0.1, -0.05) is 11.6 Å². The molecule has 19 heavy (non-hydrogen) atoms. The van der Waals surface area contributed by atoms with Crippen LogP contribution in [0.2, 0.25) is 5.02 Å². The van der Waals surface area contributed by atoms with Gasteiger partial charge < -0.3 is 4.98 Å². The van der Waals surface area contributed by atoms with Gasteiger partial charge in [0.05, 0.1) is 15.5 Å². The van der Waals surface area contributed by atoms with Crippen molar-refractivity contribution in [3.05, 3.63) is 51.2 Å². The lowest BCUT2D eigenvalue weighted by Crippen LogP contribution is -1.82. The van der Waals surface area contributed by atoms with Crippen LogP contribution in [0.5, 0.6) is 0 Å². The molecule has 0 aliphatic carbocycles. The molecule has 1 aromatic heterocycles. The van der Waals surface area contributed by atoms with E-state index < -0.39 is 0 Å². The highest BCUT2D eigenvalue weighted by Crippen LogP contribution is 2.27. The second kappa shape index (κ2) is 4.62. The van der Waals surface area contributed by atoms with Gasteiger partial charge in [-0.25, -0.2) is 9.37 Å². The highest BCUT2D eigenvalue weighted by Gasteiger charge is 2.09. The van der Waals surface area contributed by atoms with E-state index in [2.05, 4.69) is 25.9 Å². The molecule has 2 nitrogen and oxygen atoms in total. The summed E-state index contributed by atoms with van der Waals surface area (Å²) in [6.45, 7) is 1.94. The first kappa shape index (κ1) is 12.6. The summed E-state index contributed by atoms with van der Waals surface area (Å²) in [6, 6.07) is 8.76. The van der Waals surface area contributed by atoms with E-state index in [1.54, 1.807) is 6.07 Å². The quantitative estimate of drug-likeness (QED) is 0.657. The van der Waals surface area contributed by atoms with E-state index in [1.807, 2.05) is 25.1 Å². The zero-order valence-electron chi connectivity index (χ0n) is 9.97. The minimum Gasteiger partial charge on any atom is -0.338 e. The number of hydrogen-bond donors (Lipinski definition) is 1. The Kier molecular flexibility index (Phi) is 3.07. The first-order chi connectivity index (χ1) is 9.04. The van der Waals surface area contributed by atoms with Gasteiger partial charge in [-0.2, -0.15) is 0 Å². The molecule has 0 bridgehead atoms. The summed E-state index contributed by atoms with van der Waals surface area (Å²) in [4.78, 5) is 7.57. The van der Waals surface area contributed by atoms with Crippen LogP contribution in [0.15, 0.2) is 34.8 Å². The number of imidazole rings is 1. The third-order valence-corrected chi connectivity index (χ3v) is 3.99. The average molecular weight is 340 g/mol. The van der Waals surface area contributed by atoms with Crippen LogP contribution >= 0.6 is 27.5 Å². The normalized spacial score (nSPS) is 11.2. The van der Waals surface area contributed by atoms with E-state index in [0.29, 0.717) is 20.8 Å². The minimum absolute atomic E-state index is 0.310. The largest absolute Gasteiger partial charge is 0.338 e. The number of aryl methyl sites for hydroxylation is 1. The highest BCUT2D eigenvalue weighted by atomic mass is 79.9. The second-order valence-electron chi connectivity index (χ2n) is 4.33. The number of aromatic nitrogens is 2. The lowest BCUT2D eigenvalue weighted by molar-refractivity contribution is 0.623. The van der Waals surface area contributed by atoms with Gasteiger partial charge in [0.1, 0.15) is 11.6 Å². The van der Waals surface area contributed by atoms with Crippen molar-refractivity contribution in [2.75, 3.05) is 0 Å². The monoisotopic (exact) mass is 338 g/mol. The number of nitrogens with one attached hydrogen (secondary N) is 1. The van der Waals surface area contributed by atoms with Crippen molar-refractivity contribution >= 4 is 38.6 Å². The molecule has 96 valence electrons. The van der Waals surface area contributed by atoms with Gasteiger partial charge >= 0.3 is 0 Å². The summed E-state index contributed by atoms with van der Waals surface area (Å²) in [5, 5.41) is 0.716. The van der Waals surface area contributed by atoms with Crippen LogP contribution in [0, 0.1) is 12.7 Å². The lowest BCUT2D eigenvalue weighted by atomic mass is 10.1. The van der Waals surface area contributed by atoms with E-state index in [1.165, 1.54) is 6.07 Å². The standard InChI is InChI=1S/C14H9BrClFN2/c1-7-4-8(2-3-10(7)16)14-18-12-5-9(15)11(17)6-13(12)19-14/h2-6H,1H3,(H,18,19). The molecule has 3 aromatic rings. The topological polar surface area (TPSA) is 28.7 Å². The molecule has 0 spiro atoms. The molecular formula is C14H9BrClFN2. The molecule has 2 aromatic carbocycles. The van der Waals surface area contributed by atoms with Crippen molar-refractivity contribution in [2.45, 2.75) is 6.92 Å². The summed E-state index contributed by atoms with van der Waals surface area (Å²) in [7, 11) is 0. The fourth-order valence-electron chi connectivity index (χ4n) is 1.93. The Bertz CT molecular complexity index is 743. The summed E-state index contributed by atoms with van der Waals surface area (Å²) < 4.78 is 13.9. The van der Waals surface area contributed by atoms with Crippen LogP contribution in [-0.4, -0.2) is 9.97 Å². The van der Waals surface area contributed by atoms with Crippen molar-refractivity contribution in [3.8, 4) is 11.4 Å². The molecule has 0 aliphatic heterocycles. The molecule has 1 heterocycles. The van der Waals surface area contributed by atoms with E-state index in [-0.39, 0.29) is 5.82 Å². The van der Waals surface area contributed by atoms with Crippen LogP contribution in [0.3, 0.4) is 0 Å². The van der Waals surface area contributed by atoms with E-state index >= 15 is 0 Å². The van der Waals surface area contributed by atoms with Crippen molar-refractivity contribution in [3.63, 3.8) is 0 Å². The number of fused-ring (bicyclic) bond motifs is 1. The van der Waals surface area contributed by atoms with Crippen LogP contribution in [-0.2, 0) is 0 Å². The first-order valence-corrected chi connectivity index (χ1v) is 6.83. The molecule has 3 rings (SSSR count). The molecule has 0 amide bonds. The Morgan fingerprint density at radius 1 is 1.26 bits per heavy atom. The van der Waals surface area contributed by atoms with Crippen molar-refractivity contribution < 1.29 is 4.39 Å². The summed E-state index contributed by atoms with van der Waals surface area (Å²) in [5.41, 5.74) is 3.29. The van der Waals surface area contributed by atoms with Gasteiger partial charge in [-0.15, -0.1) is 0 Å². The van der Waals surface area contributed by atoms with E-state index in [0.717, 1.165) is 16.6 Å². The third-order valence-electron chi connectivity index (χ3n) is 2.96. The van der Waals surface area contributed by atoms with Gasteiger partial charge in [-0.3, -0.25) is 0 Å². The maximum absolute atomic E-state index is 13.5. The number of H-pyrrole nitrogens is 1. The molecule has 1 N–H and O–H groups in total. The Labute approximate surface area is 122 Å². The molecule has 0 saturated carbocycles. The maximum Gasteiger partial charge on any atom is 0.139 e. The van der Waals surface area contributed by atoms with E-state index in [4.69, 9.17) is 11.6 Å². The van der Waals surface area contributed by atoms with Gasteiger partial charge in [0.2, 0.25) is 0 Å². The molecule has 0 fully saturated rings. The van der Waals surface area contributed by atoms with Crippen molar-refractivity contribution in [1.82, 2.24) is 9.97 Å². The molecule has 0 atom stereocenters. The average Bonchev–Trinajstić information content (AvgIpc) is 2.76. The zero-order valence-corrected chi connectivity index (χ0v) is 12.3. The van der Waals surface area contributed by atoms with Gasteiger partial charge in [0.25, 0.3) is 0 Å². The Hall–Kier alpha value is -1.39. The van der Waals surface area contributed by atoms with Gasteiger partial charge in [0, 0.05) is 16.7 Å². The first-order valence-electron chi connectivity index (χ1n) is 5.66. The number of rotatable bonds is 1. The predicted octanol–water partition coefficient (Wildman–Crippen LogP) is 5.09. The zero-order chi connectivity index (χ0) is 13.6. The predicted molar refractivity (Wildman–Crippen MR) is 78.9 cm³/mol. The molecule has 0 radical (unpaired) electrons. The fourth-order valence-corrected chi connectivity index (χ4v) is 2.38. The number of aromatic amines is 1. The number of halogens is 3. The van der Waals surface area contributed by atoms with Crippen molar-refractivity contribution in [1.29, 1.82) is 0 Å². The summed E-state index contributed by atoms with van der Waals surface area (Å²) >= 11 is 9.16. The Balaban J connectivity index is 2.17. The molecular weight excluding hydrogens is 331 g/mol. The SMILES string of the molecule is Cc1cc(-c2nc3cc(Br)c(F)cc3[nH]2)ccc1Cl. The van der Waals surface area contributed by atoms with Crippen molar-refractivity contribution in [2.24, 2.45) is 0 Å². The van der Waals surface area contributed by atoms with Crippen LogP contribution in [0.1, 0.15) is 5.56 Å². The number of nitrogens with zero attached hydrogens (tertiary/aromatic N) is 1. The molecule has 0 unspecified atom stereocenters. The highest BCUT2D eigenvalue weighted by molar-refractivity contribution is 9.10. The van der Waals surface area contributed by atoms with Gasteiger partial charge in [-0.05, 0) is 52.7 Å². The fraction of sp³-hybridized carbons (Fsp3) is 0.0714. The van der Waals surface area contributed by atoms with E-state index in [9.17, 15) is 4.39 Å². The summed E-state index contributed by atoms with van der Waals surface area (Å²) in [5.74, 6) is 0.391. The minimum atomic E-state index is -0.310. The number of hydrogen-bond acceptors (Lipinski definition) is 1. The summed E-state index contributed by atoms with van der Waals surface area (Å²) in [6.07, 6.45) is 0. The maximum atomic E-state index is 13.5. The molecule has 0 saturated heterocycles. The third kappa shape index (κ3) is 2.26. The molecule has 0 aliphatic rings. The lowest BCUT2D eigenvalue weighted by Gasteiger charge is -2.00. The van der Waals surface area contributed by atoms with Crippen LogP contribution in [0.25, 0.3) is 22.4 Å². The molecule has 5 heteroatoms. The second-order valence-corrected chi connectivity index (χ2v) is 5.59. The smallest absolute Gasteiger partial charge is 0.139 e.